The second-order valence-electron chi connectivity index (χ2n) is 8.53. The van der Waals surface area contributed by atoms with Crippen molar-refractivity contribution in [3.63, 3.8) is 0 Å². The summed E-state index contributed by atoms with van der Waals surface area (Å²) < 4.78 is 19.4. The normalized spacial score (nSPS) is 18.5. The quantitative estimate of drug-likeness (QED) is 0.553. The van der Waals surface area contributed by atoms with Gasteiger partial charge in [0.25, 0.3) is 5.91 Å². The fourth-order valence-corrected chi connectivity index (χ4v) is 4.32. The van der Waals surface area contributed by atoms with Crippen molar-refractivity contribution in [1.82, 2.24) is 19.9 Å². The van der Waals surface area contributed by atoms with E-state index in [4.69, 9.17) is 4.74 Å². The summed E-state index contributed by atoms with van der Waals surface area (Å²) in [5.74, 6) is 0.662. The first kappa shape index (κ1) is 22.9. The first-order valence-corrected chi connectivity index (χ1v) is 11.6. The molecule has 0 unspecified atom stereocenters. The lowest BCUT2D eigenvalue weighted by Crippen LogP contribution is -2.53. The molecule has 1 atom stereocenters. The number of anilines is 4. The van der Waals surface area contributed by atoms with Crippen LogP contribution in [-0.4, -0.2) is 77.8 Å². The Labute approximate surface area is 202 Å². The number of hydrogen-bond donors (Lipinski definition) is 1. The van der Waals surface area contributed by atoms with Gasteiger partial charge in [-0.25, -0.2) is 19.9 Å². The summed E-state index contributed by atoms with van der Waals surface area (Å²) in [5.41, 5.74) is 1.46. The molecule has 0 aliphatic carbocycles. The molecule has 10 nitrogen and oxygen atoms in total. The van der Waals surface area contributed by atoms with E-state index in [0.717, 1.165) is 18.9 Å². The molecule has 0 spiro atoms. The van der Waals surface area contributed by atoms with Gasteiger partial charge in [0.1, 0.15) is 5.82 Å². The first-order valence-electron chi connectivity index (χ1n) is 11.6. The van der Waals surface area contributed by atoms with Crippen LogP contribution in [0, 0.1) is 5.95 Å². The van der Waals surface area contributed by atoms with E-state index in [1.54, 1.807) is 36.8 Å². The molecule has 1 amide bonds. The fourth-order valence-electron chi connectivity index (χ4n) is 4.32. The largest absolute Gasteiger partial charge is 0.378 e. The third kappa shape index (κ3) is 5.14. The molecule has 2 fully saturated rings. The van der Waals surface area contributed by atoms with Crippen molar-refractivity contribution in [2.24, 2.45) is 0 Å². The van der Waals surface area contributed by atoms with E-state index in [1.165, 1.54) is 6.20 Å². The Morgan fingerprint density at radius 2 is 1.80 bits per heavy atom. The predicted octanol–water partition coefficient (Wildman–Crippen LogP) is 2.21. The number of amides is 1. The highest BCUT2D eigenvalue weighted by atomic mass is 19.1. The molecule has 0 bridgehead atoms. The Kier molecular flexibility index (Phi) is 6.66. The Morgan fingerprint density at radius 1 is 1.00 bits per heavy atom. The zero-order valence-electron chi connectivity index (χ0n) is 19.5. The van der Waals surface area contributed by atoms with Crippen molar-refractivity contribution in [2.45, 2.75) is 13.0 Å². The van der Waals surface area contributed by atoms with Gasteiger partial charge >= 0.3 is 0 Å². The van der Waals surface area contributed by atoms with E-state index in [0.29, 0.717) is 55.7 Å². The van der Waals surface area contributed by atoms with Gasteiger partial charge in [-0.15, -0.1) is 0 Å². The summed E-state index contributed by atoms with van der Waals surface area (Å²) in [5, 5.41) is 2.82. The number of nitrogens with zero attached hydrogens (tertiary/aromatic N) is 7. The van der Waals surface area contributed by atoms with E-state index in [2.05, 4.69) is 35.1 Å². The molecular weight excluding hydrogens is 451 g/mol. The van der Waals surface area contributed by atoms with Crippen LogP contribution >= 0.6 is 0 Å². The summed E-state index contributed by atoms with van der Waals surface area (Å²) >= 11 is 0. The van der Waals surface area contributed by atoms with Gasteiger partial charge in [-0.05, 0) is 31.2 Å². The lowest BCUT2D eigenvalue weighted by molar-refractivity contribution is 0.102. The molecule has 182 valence electrons. The lowest BCUT2D eigenvalue weighted by Gasteiger charge is -2.40. The van der Waals surface area contributed by atoms with Crippen molar-refractivity contribution in [3.05, 3.63) is 60.6 Å². The number of rotatable bonds is 5. The monoisotopic (exact) mass is 478 g/mol. The second kappa shape index (κ2) is 10.2. The van der Waals surface area contributed by atoms with E-state index in [1.807, 2.05) is 17.9 Å². The van der Waals surface area contributed by atoms with Crippen LogP contribution in [0.2, 0.25) is 0 Å². The van der Waals surface area contributed by atoms with Crippen LogP contribution < -0.4 is 20.0 Å². The van der Waals surface area contributed by atoms with E-state index in [-0.39, 0.29) is 11.9 Å². The smallest absolute Gasteiger partial charge is 0.257 e. The molecule has 5 rings (SSSR count). The Bertz CT molecular complexity index is 1150. The first-order chi connectivity index (χ1) is 17.1. The van der Waals surface area contributed by atoms with Gasteiger partial charge < -0.3 is 24.8 Å². The molecular formula is C24H27FN8O2. The van der Waals surface area contributed by atoms with Crippen LogP contribution in [0.4, 0.5) is 27.5 Å². The van der Waals surface area contributed by atoms with Crippen LogP contribution in [0.3, 0.4) is 0 Å². The summed E-state index contributed by atoms with van der Waals surface area (Å²) in [6, 6.07) is 7.15. The van der Waals surface area contributed by atoms with Gasteiger partial charge in [0.15, 0.2) is 0 Å². The highest BCUT2D eigenvalue weighted by Crippen LogP contribution is 2.23. The minimum atomic E-state index is -0.463. The minimum Gasteiger partial charge on any atom is -0.378 e. The van der Waals surface area contributed by atoms with Crippen molar-refractivity contribution < 1.29 is 13.9 Å². The van der Waals surface area contributed by atoms with E-state index < -0.39 is 5.95 Å². The van der Waals surface area contributed by atoms with Crippen LogP contribution in [0.25, 0.3) is 0 Å². The predicted molar refractivity (Wildman–Crippen MR) is 130 cm³/mol. The molecule has 0 radical (unpaired) electrons. The fraction of sp³-hybridized carbons (Fsp3) is 0.375. The molecule has 1 N–H and O–H groups in total. The maximum absolute atomic E-state index is 14.1. The van der Waals surface area contributed by atoms with Crippen molar-refractivity contribution in [3.8, 4) is 0 Å². The van der Waals surface area contributed by atoms with Gasteiger partial charge in [0, 0.05) is 51.2 Å². The number of carbonyl (C=O) groups is 1. The van der Waals surface area contributed by atoms with E-state index in [9.17, 15) is 9.18 Å². The van der Waals surface area contributed by atoms with Crippen LogP contribution in [0.1, 0.15) is 17.3 Å². The molecule has 2 saturated heterocycles. The molecule has 5 heterocycles. The second-order valence-corrected chi connectivity index (χ2v) is 8.53. The molecule has 0 saturated carbocycles. The van der Waals surface area contributed by atoms with Crippen molar-refractivity contribution >= 4 is 29.0 Å². The topological polar surface area (TPSA) is 99.6 Å². The van der Waals surface area contributed by atoms with Crippen LogP contribution in [0.15, 0.2) is 49.1 Å². The number of halogens is 1. The lowest BCUT2D eigenvalue weighted by atomic mass is 10.2. The molecule has 2 aliphatic heterocycles. The number of morpholine rings is 1. The average Bonchev–Trinajstić information content (AvgIpc) is 2.90. The minimum absolute atomic E-state index is 0.0693. The van der Waals surface area contributed by atoms with Gasteiger partial charge in [0.2, 0.25) is 11.9 Å². The number of aromatic nitrogens is 4. The number of pyridine rings is 2. The zero-order chi connectivity index (χ0) is 24.2. The molecule has 11 heteroatoms. The average molecular weight is 479 g/mol. The Balaban J connectivity index is 1.18. The van der Waals surface area contributed by atoms with Gasteiger partial charge in [-0.1, -0.05) is 0 Å². The van der Waals surface area contributed by atoms with Gasteiger partial charge in [-0.2, -0.15) is 4.39 Å². The molecule has 3 aromatic rings. The van der Waals surface area contributed by atoms with E-state index >= 15 is 0 Å². The Morgan fingerprint density at radius 3 is 2.49 bits per heavy atom. The number of carbonyl (C=O) groups excluding carboxylic acids is 1. The Hall–Kier alpha value is -3.86. The molecule has 0 aromatic carbocycles. The summed E-state index contributed by atoms with van der Waals surface area (Å²) in [6.45, 7) is 6.87. The summed E-state index contributed by atoms with van der Waals surface area (Å²) in [4.78, 5) is 35.9. The standard InChI is InChI=1S/C24H27FN8O2/c1-17-16-32(20-3-2-6-26-22(20)25)7-8-33(17)24-28-14-19(15-29-24)30-23(34)18-4-5-21(27-13-18)31-9-11-35-12-10-31/h2-6,13-15,17H,7-12,16H2,1H3,(H,30,34)/t17-/m0/s1. The third-order valence-corrected chi connectivity index (χ3v) is 6.21. The van der Waals surface area contributed by atoms with Crippen LogP contribution in [-0.2, 0) is 4.74 Å². The molecule has 3 aromatic heterocycles. The van der Waals surface area contributed by atoms with Crippen molar-refractivity contribution in [1.29, 1.82) is 0 Å². The number of ether oxygens (including phenoxy) is 1. The van der Waals surface area contributed by atoms with Gasteiger partial charge in [0.05, 0.1) is 42.5 Å². The SMILES string of the molecule is C[C@H]1CN(c2cccnc2F)CCN1c1ncc(NC(=O)c2ccc(N3CCOCC3)nc2)cn1. The third-order valence-electron chi connectivity index (χ3n) is 6.21. The van der Waals surface area contributed by atoms with Gasteiger partial charge in [-0.3, -0.25) is 4.79 Å². The molecule has 35 heavy (non-hydrogen) atoms. The number of piperazine rings is 1. The maximum Gasteiger partial charge on any atom is 0.257 e. The number of nitrogens with one attached hydrogen (secondary N) is 1. The summed E-state index contributed by atoms with van der Waals surface area (Å²) in [7, 11) is 0. The van der Waals surface area contributed by atoms with Crippen molar-refractivity contribution in [2.75, 3.05) is 66.0 Å². The molecule has 2 aliphatic rings. The highest BCUT2D eigenvalue weighted by Gasteiger charge is 2.27. The number of hydrogen-bond acceptors (Lipinski definition) is 9. The van der Waals surface area contributed by atoms with Crippen LogP contribution in [0.5, 0.6) is 0 Å². The maximum atomic E-state index is 14.1. The zero-order valence-corrected chi connectivity index (χ0v) is 19.5. The summed E-state index contributed by atoms with van der Waals surface area (Å²) in [6.07, 6.45) is 6.20. The highest BCUT2D eigenvalue weighted by molar-refractivity contribution is 6.04.